The Labute approximate surface area is 160 Å². The van der Waals surface area contributed by atoms with Crippen molar-refractivity contribution in [3.05, 3.63) is 29.8 Å². The van der Waals surface area contributed by atoms with E-state index < -0.39 is 6.04 Å². The topological polar surface area (TPSA) is 98.7 Å². The van der Waals surface area contributed by atoms with Crippen molar-refractivity contribution in [1.29, 1.82) is 0 Å². The first kappa shape index (κ1) is 20.7. The van der Waals surface area contributed by atoms with Crippen molar-refractivity contribution in [2.24, 2.45) is 0 Å². The van der Waals surface area contributed by atoms with Crippen LogP contribution in [0.5, 0.6) is 5.75 Å². The van der Waals surface area contributed by atoms with E-state index in [-0.39, 0.29) is 29.5 Å². The van der Waals surface area contributed by atoms with Gasteiger partial charge in [0.1, 0.15) is 11.8 Å². The summed E-state index contributed by atoms with van der Waals surface area (Å²) in [6, 6.07) is 5.14. The second-order valence-corrected chi connectivity index (χ2v) is 6.87. The number of hydrogen-bond acceptors (Lipinski definition) is 4. The fraction of sp³-hybridized carbons (Fsp3) is 0.550. The third-order valence-electron chi connectivity index (χ3n) is 4.73. The number of phenols is 1. The normalized spacial score (nSPS) is 19.0. The molecule has 1 heterocycles. The van der Waals surface area contributed by atoms with Crippen molar-refractivity contribution >= 4 is 17.7 Å². The van der Waals surface area contributed by atoms with Gasteiger partial charge in [0.05, 0.1) is 0 Å². The number of unbranched alkanes of at least 4 members (excludes halogenated alkanes) is 2. The molecule has 27 heavy (non-hydrogen) atoms. The highest BCUT2D eigenvalue weighted by molar-refractivity contribution is 5.95. The highest BCUT2D eigenvalue weighted by Crippen LogP contribution is 2.21. The molecule has 0 aromatic heterocycles. The van der Waals surface area contributed by atoms with E-state index >= 15 is 0 Å². The number of amides is 3. The first-order valence-corrected chi connectivity index (χ1v) is 9.63. The molecule has 1 aliphatic rings. The number of benzene rings is 1. The summed E-state index contributed by atoms with van der Waals surface area (Å²) >= 11 is 0. The quantitative estimate of drug-likeness (QED) is 0.604. The Morgan fingerprint density at radius 2 is 1.85 bits per heavy atom. The summed E-state index contributed by atoms with van der Waals surface area (Å²) in [7, 11) is 0. The van der Waals surface area contributed by atoms with Crippen molar-refractivity contribution in [2.45, 2.75) is 58.0 Å². The van der Waals surface area contributed by atoms with Crippen LogP contribution in [-0.2, 0) is 9.59 Å². The molecular formula is C20H29N3O4. The lowest BCUT2D eigenvalue weighted by atomic mass is 10.1. The molecule has 2 atom stereocenters. The van der Waals surface area contributed by atoms with Gasteiger partial charge in [0.25, 0.3) is 5.91 Å². The van der Waals surface area contributed by atoms with Crippen LogP contribution in [0, 0.1) is 0 Å². The molecule has 3 N–H and O–H groups in total. The molecule has 2 rings (SSSR count). The lowest BCUT2D eigenvalue weighted by molar-refractivity contribution is -0.138. The first-order valence-electron chi connectivity index (χ1n) is 9.63. The minimum atomic E-state index is -0.552. The van der Waals surface area contributed by atoms with Gasteiger partial charge in [-0.25, -0.2) is 0 Å². The van der Waals surface area contributed by atoms with Crippen LogP contribution in [0.25, 0.3) is 0 Å². The fourth-order valence-electron chi connectivity index (χ4n) is 3.31. The first-order chi connectivity index (χ1) is 13.0. The molecule has 0 spiro atoms. The van der Waals surface area contributed by atoms with Gasteiger partial charge in [-0.1, -0.05) is 19.8 Å². The van der Waals surface area contributed by atoms with Gasteiger partial charge in [-0.15, -0.1) is 0 Å². The van der Waals surface area contributed by atoms with Crippen LogP contribution >= 0.6 is 0 Å². The molecule has 3 amide bonds. The number of nitrogens with one attached hydrogen (secondary N) is 2. The average molecular weight is 375 g/mol. The van der Waals surface area contributed by atoms with E-state index in [1.807, 2.05) is 6.92 Å². The summed E-state index contributed by atoms with van der Waals surface area (Å²) in [5.41, 5.74) is 0.426. The van der Waals surface area contributed by atoms with Crippen LogP contribution < -0.4 is 10.6 Å². The number of rotatable bonds is 8. The molecule has 1 aromatic rings. The molecular weight excluding hydrogens is 346 g/mol. The zero-order valence-corrected chi connectivity index (χ0v) is 16.0. The molecule has 0 bridgehead atoms. The van der Waals surface area contributed by atoms with E-state index in [9.17, 15) is 19.5 Å². The molecule has 7 heteroatoms. The number of carbonyl (C=O) groups excluding carboxylic acids is 3. The van der Waals surface area contributed by atoms with Gasteiger partial charge in [-0.05, 0) is 44.0 Å². The predicted molar refractivity (Wildman–Crippen MR) is 102 cm³/mol. The number of carbonyl (C=O) groups is 3. The number of nitrogens with zero attached hydrogens (tertiary/aromatic N) is 1. The van der Waals surface area contributed by atoms with Crippen LogP contribution in [0.3, 0.4) is 0 Å². The Kier molecular flexibility index (Phi) is 7.64. The molecule has 1 saturated heterocycles. The smallest absolute Gasteiger partial charge is 0.251 e. The van der Waals surface area contributed by atoms with E-state index in [1.165, 1.54) is 24.3 Å². The highest BCUT2D eigenvalue weighted by Gasteiger charge is 2.39. The summed E-state index contributed by atoms with van der Waals surface area (Å²) in [4.78, 5) is 39.0. The van der Waals surface area contributed by atoms with Crippen molar-refractivity contribution < 1.29 is 19.5 Å². The minimum Gasteiger partial charge on any atom is -0.508 e. The zero-order chi connectivity index (χ0) is 19.8. The second-order valence-electron chi connectivity index (χ2n) is 6.87. The highest BCUT2D eigenvalue weighted by atomic mass is 16.3. The van der Waals surface area contributed by atoms with Gasteiger partial charge in [0.2, 0.25) is 11.8 Å². The molecule has 0 unspecified atom stereocenters. The van der Waals surface area contributed by atoms with Crippen LogP contribution in [0.4, 0.5) is 0 Å². The van der Waals surface area contributed by atoms with Crippen LogP contribution in [-0.4, -0.2) is 52.9 Å². The Hall–Kier alpha value is -2.57. The lowest BCUT2D eigenvalue weighted by Gasteiger charge is -2.23. The van der Waals surface area contributed by atoms with E-state index in [0.717, 1.165) is 19.3 Å². The predicted octanol–water partition coefficient (Wildman–Crippen LogP) is 1.81. The van der Waals surface area contributed by atoms with Crippen LogP contribution in [0.1, 0.15) is 56.3 Å². The summed E-state index contributed by atoms with van der Waals surface area (Å²) in [6.45, 7) is 4.74. The number of aromatic hydroxyl groups is 1. The maximum Gasteiger partial charge on any atom is 0.251 e. The molecule has 148 valence electrons. The molecule has 0 radical (unpaired) electrons. The van der Waals surface area contributed by atoms with Crippen molar-refractivity contribution in [3.63, 3.8) is 0 Å². The van der Waals surface area contributed by atoms with E-state index in [1.54, 1.807) is 4.90 Å². The molecule has 1 aliphatic heterocycles. The number of likely N-dealkylation sites (tertiary alicyclic amines) is 1. The third-order valence-corrected chi connectivity index (χ3v) is 4.73. The maximum absolute atomic E-state index is 12.6. The summed E-state index contributed by atoms with van der Waals surface area (Å²) in [5, 5.41) is 15.0. The molecule has 1 fully saturated rings. The molecule has 7 nitrogen and oxygen atoms in total. The van der Waals surface area contributed by atoms with Gasteiger partial charge >= 0.3 is 0 Å². The molecule has 0 aliphatic carbocycles. The zero-order valence-electron chi connectivity index (χ0n) is 16.0. The SMILES string of the molecule is CCCCCC(=O)N1C[C@@H](NC(=O)c2ccc(O)cc2)C[C@H]1C(=O)NCC. The van der Waals surface area contributed by atoms with E-state index in [2.05, 4.69) is 17.6 Å². The fourth-order valence-corrected chi connectivity index (χ4v) is 3.31. The maximum atomic E-state index is 12.6. The number of phenolic OH excluding ortho intramolecular Hbond substituents is 1. The standard InChI is InChI=1S/C20H29N3O4/c1-3-5-6-7-18(25)23-13-15(12-17(23)20(27)21-4-2)22-19(26)14-8-10-16(24)11-9-14/h8-11,15,17,24H,3-7,12-13H2,1-2H3,(H,21,27)(H,22,26)/t15-,17-/m0/s1. The minimum absolute atomic E-state index is 0.0407. The molecule has 0 saturated carbocycles. The summed E-state index contributed by atoms with van der Waals surface area (Å²) in [6.07, 6.45) is 3.63. The van der Waals surface area contributed by atoms with Crippen molar-refractivity contribution in [2.75, 3.05) is 13.1 Å². The van der Waals surface area contributed by atoms with Gasteiger partial charge in [0, 0.05) is 31.1 Å². The van der Waals surface area contributed by atoms with Crippen molar-refractivity contribution in [3.8, 4) is 5.75 Å². The lowest BCUT2D eigenvalue weighted by Crippen LogP contribution is -2.45. The number of hydrogen-bond donors (Lipinski definition) is 3. The number of likely N-dealkylation sites (N-methyl/N-ethyl adjacent to an activating group) is 1. The third kappa shape index (κ3) is 5.70. The van der Waals surface area contributed by atoms with Gasteiger partial charge in [-0.2, -0.15) is 0 Å². The van der Waals surface area contributed by atoms with E-state index in [0.29, 0.717) is 31.5 Å². The average Bonchev–Trinajstić information content (AvgIpc) is 3.06. The van der Waals surface area contributed by atoms with Crippen LogP contribution in [0.15, 0.2) is 24.3 Å². The monoisotopic (exact) mass is 375 g/mol. The van der Waals surface area contributed by atoms with Crippen molar-refractivity contribution in [1.82, 2.24) is 15.5 Å². The summed E-state index contributed by atoms with van der Waals surface area (Å²) < 4.78 is 0. The van der Waals surface area contributed by atoms with Crippen LogP contribution in [0.2, 0.25) is 0 Å². The van der Waals surface area contributed by atoms with E-state index in [4.69, 9.17) is 0 Å². The molecule has 1 aromatic carbocycles. The second kappa shape index (κ2) is 9.94. The summed E-state index contributed by atoms with van der Waals surface area (Å²) in [5.74, 6) is -0.411. The van der Waals surface area contributed by atoms with Gasteiger partial charge in [-0.3, -0.25) is 14.4 Å². The Morgan fingerprint density at radius 3 is 2.48 bits per heavy atom. The Morgan fingerprint density at radius 1 is 1.15 bits per heavy atom. The Bertz CT molecular complexity index is 660. The largest absolute Gasteiger partial charge is 0.508 e. The van der Waals surface area contributed by atoms with Gasteiger partial charge < -0.3 is 20.6 Å². The Balaban J connectivity index is 2.03. The van der Waals surface area contributed by atoms with Gasteiger partial charge in [0.15, 0.2) is 0 Å².